The van der Waals surface area contributed by atoms with Crippen LogP contribution in [0.2, 0.25) is 0 Å². The normalized spacial score (nSPS) is 10.8. The van der Waals surface area contributed by atoms with E-state index in [-0.39, 0.29) is 24.3 Å². The summed E-state index contributed by atoms with van der Waals surface area (Å²) in [5, 5.41) is 18.6. The molecule has 2 rings (SSSR count). The van der Waals surface area contributed by atoms with Crippen molar-refractivity contribution in [3.05, 3.63) is 59.7 Å². The van der Waals surface area contributed by atoms with Crippen LogP contribution in [0, 0.1) is 0 Å². The summed E-state index contributed by atoms with van der Waals surface area (Å²) in [5.41, 5.74) is 2.10. The molecule has 0 atom stereocenters. The highest BCUT2D eigenvalue weighted by molar-refractivity contribution is 5.41. The minimum atomic E-state index is -0.151. The first kappa shape index (κ1) is 14.1. The molecule has 0 amide bonds. The highest BCUT2D eigenvalue weighted by atomic mass is 16.3. The Morgan fingerprint density at radius 3 is 1.22 bits per heavy atom. The number of benzene rings is 2. The molecular weight excluding hydrogens is 224 g/mol. The number of rotatable bonds is 2. The molecule has 96 valence electrons. The van der Waals surface area contributed by atoms with Crippen LogP contribution in [0.4, 0.5) is 0 Å². The van der Waals surface area contributed by atoms with Crippen LogP contribution in [0.15, 0.2) is 48.5 Å². The molecule has 0 saturated carbocycles. The lowest BCUT2D eigenvalue weighted by Gasteiger charge is -2.26. The van der Waals surface area contributed by atoms with E-state index >= 15 is 0 Å². The number of aromatic hydroxyl groups is 2. The van der Waals surface area contributed by atoms with Gasteiger partial charge in [0.1, 0.15) is 11.5 Å². The van der Waals surface area contributed by atoms with Gasteiger partial charge in [-0.3, -0.25) is 0 Å². The van der Waals surface area contributed by atoms with Crippen LogP contribution in [0.3, 0.4) is 0 Å². The fraction of sp³-hybridized carbons (Fsp3) is 0.250. The third-order valence-corrected chi connectivity index (χ3v) is 3.18. The Labute approximate surface area is 109 Å². The predicted octanol–water partition coefficient (Wildman–Crippen LogP) is 4.06. The minimum Gasteiger partial charge on any atom is -0.508 e. The molecule has 0 aliphatic rings. The number of phenols is 2. The molecule has 18 heavy (non-hydrogen) atoms. The van der Waals surface area contributed by atoms with Gasteiger partial charge in [-0.25, -0.2) is 0 Å². The Morgan fingerprint density at radius 1 is 0.667 bits per heavy atom. The van der Waals surface area contributed by atoms with Gasteiger partial charge in [-0.15, -0.1) is 0 Å². The molecule has 0 bridgehead atoms. The van der Waals surface area contributed by atoms with Crippen molar-refractivity contribution in [1.29, 1.82) is 0 Å². The maximum Gasteiger partial charge on any atom is 0.115 e. The molecule has 0 aromatic heterocycles. The van der Waals surface area contributed by atoms with Crippen molar-refractivity contribution < 1.29 is 10.2 Å². The summed E-state index contributed by atoms with van der Waals surface area (Å²) in [6.45, 7) is 4.23. The zero-order valence-corrected chi connectivity index (χ0v) is 10.0. The van der Waals surface area contributed by atoms with E-state index in [1.165, 1.54) is 0 Å². The van der Waals surface area contributed by atoms with Crippen molar-refractivity contribution >= 4 is 0 Å². The number of hydrogen-bond donors (Lipinski definition) is 2. The molecule has 0 aliphatic heterocycles. The Balaban J connectivity index is 0.00000162. The quantitative estimate of drug-likeness (QED) is 0.836. The van der Waals surface area contributed by atoms with Crippen LogP contribution in [0.1, 0.15) is 32.4 Å². The maximum atomic E-state index is 9.30. The minimum absolute atomic E-state index is 0. The molecule has 2 N–H and O–H groups in total. The van der Waals surface area contributed by atoms with Gasteiger partial charge in [-0.2, -0.15) is 0 Å². The lowest BCUT2D eigenvalue weighted by molar-refractivity contribution is 0.474. The second-order valence-corrected chi connectivity index (χ2v) is 4.72. The highest BCUT2D eigenvalue weighted by Crippen LogP contribution is 2.32. The van der Waals surface area contributed by atoms with Crippen LogP contribution in [0.5, 0.6) is 11.5 Å². The summed E-state index contributed by atoms with van der Waals surface area (Å²) in [4.78, 5) is 0. The van der Waals surface area contributed by atoms with Gasteiger partial charge < -0.3 is 10.2 Å². The summed E-state index contributed by atoms with van der Waals surface area (Å²) < 4.78 is 0. The predicted molar refractivity (Wildman–Crippen MR) is 75.1 cm³/mol. The Bertz CT molecular complexity index is 448. The van der Waals surface area contributed by atoms with Crippen LogP contribution in [0.25, 0.3) is 0 Å². The van der Waals surface area contributed by atoms with Gasteiger partial charge in [0.25, 0.3) is 0 Å². The lowest BCUT2D eigenvalue weighted by atomic mass is 9.78. The van der Waals surface area contributed by atoms with E-state index in [9.17, 15) is 10.2 Å². The topological polar surface area (TPSA) is 40.5 Å². The van der Waals surface area contributed by atoms with E-state index in [2.05, 4.69) is 13.8 Å². The molecular formula is C16H20O2. The maximum absolute atomic E-state index is 9.30. The van der Waals surface area contributed by atoms with Gasteiger partial charge in [0.15, 0.2) is 0 Å². The number of hydrogen-bond acceptors (Lipinski definition) is 2. The molecule has 2 aromatic carbocycles. The van der Waals surface area contributed by atoms with Crippen LogP contribution < -0.4 is 0 Å². The SMILES string of the molecule is C.CC(C)(c1ccc(O)cc1)c1ccc(O)cc1. The van der Waals surface area contributed by atoms with Crippen molar-refractivity contribution in [1.82, 2.24) is 0 Å². The van der Waals surface area contributed by atoms with Crippen molar-refractivity contribution in [2.75, 3.05) is 0 Å². The summed E-state index contributed by atoms with van der Waals surface area (Å²) in [6, 6.07) is 14.4. The summed E-state index contributed by atoms with van der Waals surface area (Å²) >= 11 is 0. The third-order valence-electron chi connectivity index (χ3n) is 3.18. The molecule has 0 aliphatic carbocycles. The van der Waals surface area contributed by atoms with Crippen LogP contribution >= 0.6 is 0 Å². The zero-order valence-electron chi connectivity index (χ0n) is 10.0. The average molecular weight is 244 g/mol. The molecule has 0 unspecified atom stereocenters. The van der Waals surface area contributed by atoms with Crippen LogP contribution in [-0.4, -0.2) is 10.2 Å². The number of phenolic OH excluding ortho intramolecular Hbond substituents is 2. The molecule has 2 heteroatoms. The van der Waals surface area contributed by atoms with E-state index in [0.29, 0.717) is 0 Å². The zero-order chi connectivity index (χ0) is 12.5. The first-order chi connectivity index (χ1) is 8.00. The Kier molecular flexibility index (Phi) is 4.02. The standard InChI is InChI=1S/C15H16O2.CH4/c1-15(2,11-3-7-13(16)8-4-11)12-5-9-14(17)10-6-12;/h3-10,16-17H,1-2H3;1H4. The van der Waals surface area contributed by atoms with E-state index in [4.69, 9.17) is 0 Å². The van der Waals surface area contributed by atoms with Crippen molar-refractivity contribution in [3.63, 3.8) is 0 Å². The molecule has 0 heterocycles. The summed E-state index contributed by atoms with van der Waals surface area (Å²) in [6.07, 6.45) is 0. The Morgan fingerprint density at radius 2 is 0.944 bits per heavy atom. The lowest BCUT2D eigenvalue weighted by Crippen LogP contribution is -2.18. The van der Waals surface area contributed by atoms with Gasteiger partial charge in [0.05, 0.1) is 0 Å². The van der Waals surface area contributed by atoms with E-state index in [1.54, 1.807) is 24.3 Å². The Hall–Kier alpha value is -1.96. The first-order valence-corrected chi connectivity index (χ1v) is 5.59. The summed E-state index contributed by atoms with van der Waals surface area (Å²) in [5.74, 6) is 0.547. The van der Waals surface area contributed by atoms with E-state index < -0.39 is 0 Å². The van der Waals surface area contributed by atoms with Gasteiger partial charge in [0.2, 0.25) is 0 Å². The molecule has 2 aromatic rings. The van der Waals surface area contributed by atoms with E-state index in [0.717, 1.165) is 11.1 Å². The summed E-state index contributed by atoms with van der Waals surface area (Å²) in [7, 11) is 0. The van der Waals surface area contributed by atoms with Crippen molar-refractivity contribution in [2.45, 2.75) is 26.7 Å². The van der Waals surface area contributed by atoms with Gasteiger partial charge in [0, 0.05) is 5.41 Å². The molecule has 0 fully saturated rings. The van der Waals surface area contributed by atoms with Gasteiger partial charge in [-0.1, -0.05) is 45.5 Å². The largest absolute Gasteiger partial charge is 0.508 e. The fourth-order valence-corrected chi connectivity index (χ4v) is 1.92. The van der Waals surface area contributed by atoms with Crippen molar-refractivity contribution in [3.8, 4) is 11.5 Å². The van der Waals surface area contributed by atoms with Gasteiger partial charge in [-0.05, 0) is 35.4 Å². The van der Waals surface area contributed by atoms with Crippen LogP contribution in [-0.2, 0) is 5.41 Å². The average Bonchev–Trinajstić information content (AvgIpc) is 2.30. The second-order valence-electron chi connectivity index (χ2n) is 4.72. The molecule has 2 nitrogen and oxygen atoms in total. The molecule has 0 saturated heterocycles. The second kappa shape index (κ2) is 5.13. The first-order valence-electron chi connectivity index (χ1n) is 5.59. The molecule has 0 spiro atoms. The highest BCUT2D eigenvalue weighted by Gasteiger charge is 2.22. The third kappa shape index (κ3) is 2.65. The van der Waals surface area contributed by atoms with Gasteiger partial charge >= 0.3 is 0 Å². The monoisotopic (exact) mass is 244 g/mol. The van der Waals surface area contributed by atoms with Crippen molar-refractivity contribution in [2.24, 2.45) is 0 Å². The smallest absolute Gasteiger partial charge is 0.115 e. The molecule has 0 radical (unpaired) electrons. The fourth-order valence-electron chi connectivity index (χ4n) is 1.92. The van der Waals surface area contributed by atoms with E-state index in [1.807, 2.05) is 24.3 Å².